The molecule has 0 radical (unpaired) electrons. The second-order valence-electron chi connectivity index (χ2n) is 4.22. The van der Waals surface area contributed by atoms with Gasteiger partial charge in [0.05, 0.1) is 5.69 Å². The van der Waals surface area contributed by atoms with E-state index in [1.165, 1.54) is 10.9 Å². The molecule has 2 rings (SSSR count). The quantitative estimate of drug-likeness (QED) is 0.907. The average molecular weight is 341 g/mol. The van der Waals surface area contributed by atoms with Crippen molar-refractivity contribution in [3.63, 3.8) is 0 Å². The molecule has 0 amide bonds. The zero-order chi connectivity index (χ0) is 13.8. The van der Waals surface area contributed by atoms with Gasteiger partial charge in [0.15, 0.2) is 0 Å². The molecule has 0 saturated heterocycles. The van der Waals surface area contributed by atoms with Crippen molar-refractivity contribution in [2.45, 2.75) is 13.1 Å². The van der Waals surface area contributed by atoms with Gasteiger partial charge in [-0.1, -0.05) is 6.07 Å². The van der Waals surface area contributed by atoms with E-state index in [9.17, 15) is 4.79 Å². The predicted octanol–water partition coefficient (Wildman–Crippen LogP) is 3.24. The fraction of sp³-hybridized carbons (Fsp3) is 0.231. The lowest BCUT2D eigenvalue weighted by Crippen LogP contribution is -2.18. The zero-order valence-corrected chi connectivity index (χ0v) is 12.7. The van der Waals surface area contributed by atoms with E-state index < -0.39 is 5.97 Å². The molecule has 1 N–H and O–H groups in total. The number of hydrogen-bond acceptors (Lipinski definition) is 4. The van der Waals surface area contributed by atoms with Gasteiger partial charge in [0, 0.05) is 27.8 Å². The average Bonchev–Trinajstić information content (AvgIpc) is 2.74. The summed E-state index contributed by atoms with van der Waals surface area (Å²) in [6, 6.07) is 7.15. The minimum atomic E-state index is -0.994. The summed E-state index contributed by atoms with van der Waals surface area (Å²) >= 11 is 5.12. The third kappa shape index (κ3) is 4.12. The number of carboxylic acid groups (broad SMARTS) is 1. The number of carboxylic acids is 1. The fourth-order valence-electron chi connectivity index (χ4n) is 1.72. The van der Waals surface area contributed by atoms with Gasteiger partial charge in [0.2, 0.25) is 0 Å². The van der Waals surface area contributed by atoms with Crippen LogP contribution < -0.4 is 0 Å². The first-order chi connectivity index (χ1) is 9.04. The van der Waals surface area contributed by atoms with E-state index in [0.717, 1.165) is 16.7 Å². The van der Waals surface area contributed by atoms with Crippen LogP contribution >= 0.6 is 27.3 Å². The third-order valence-electron chi connectivity index (χ3n) is 2.51. The molecule has 0 aliphatic carbocycles. The summed E-state index contributed by atoms with van der Waals surface area (Å²) in [6.07, 6.45) is 0. The summed E-state index contributed by atoms with van der Waals surface area (Å²) in [5, 5.41) is 10.9. The van der Waals surface area contributed by atoms with Gasteiger partial charge in [-0.25, -0.2) is 9.78 Å². The molecule has 2 heterocycles. The Morgan fingerprint density at radius 3 is 2.89 bits per heavy atom. The molecule has 0 aliphatic heterocycles. The summed E-state index contributed by atoms with van der Waals surface area (Å²) in [5.41, 5.74) is 0.850. The first kappa shape index (κ1) is 14.2. The van der Waals surface area contributed by atoms with E-state index in [1.54, 1.807) is 17.4 Å². The number of rotatable bonds is 5. The van der Waals surface area contributed by atoms with Gasteiger partial charge in [0.25, 0.3) is 0 Å². The molecule has 0 bridgehead atoms. The largest absolute Gasteiger partial charge is 0.477 e. The highest BCUT2D eigenvalue weighted by Gasteiger charge is 2.08. The van der Waals surface area contributed by atoms with Crippen molar-refractivity contribution in [1.82, 2.24) is 9.88 Å². The van der Waals surface area contributed by atoms with Crippen LogP contribution in [0.2, 0.25) is 0 Å². The van der Waals surface area contributed by atoms with Crippen LogP contribution in [-0.2, 0) is 13.1 Å². The predicted molar refractivity (Wildman–Crippen MR) is 78.4 cm³/mol. The minimum Gasteiger partial charge on any atom is -0.477 e. The number of thiophene rings is 1. The molecule has 0 spiro atoms. The van der Waals surface area contributed by atoms with Crippen LogP contribution in [0.3, 0.4) is 0 Å². The Bertz CT molecular complexity index is 586. The van der Waals surface area contributed by atoms with Gasteiger partial charge in [-0.2, -0.15) is 0 Å². The highest BCUT2D eigenvalue weighted by atomic mass is 79.9. The lowest BCUT2D eigenvalue weighted by molar-refractivity contribution is 0.0690. The lowest BCUT2D eigenvalue weighted by Gasteiger charge is -2.15. The molecule has 0 aromatic carbocycles. The molecule has 6 heteroatoms. The van der Waals surface area contributed by atoms with Crippen LogP contribution in [0, 0.1) is 0 Å². The first-order valence-electron chi connectivity index (χ1n) is 5.65. The van der Waals surface area contributed by atoms with E-state index in [0.29, 0.717) is 6.54 Å². The Morgan fingerprint density at radius 2 is 2.26 bits per heavy atom. The molecule has 2 aromatic heterocycles. The number of pyridine rings is 1. The molecule has 0 fully saturated rings. The van der Waals surface area contributed by atoms with Crippen molar-refractivity contribution in [3.05, 3.63) is 50.4 Å². The number of aromatic nitrogens is 1. The maximum Gasteiger partial charge on any atom is 0.354 e. The Balaban J connectivity index is 2.00. The standard InChI is InChI=1S/C13H13BrN2O2S/c1-16(7-11-5-9(14)8-19-11)6-10-3-2-4-12(15-10)13(17)18/h2-5,8H,6-7H2,1H3,(H,17,18). The first-order valence-corrected chi connectivity index (χ1v) is 7.32. The second kappa shape index (κ2) is 6.27. The molecule has 19 heavy (non-hydrogen) atoms. The summed E-state index contributed by atoms with van der Waals surface area (Å²) in [4.78, 5) is 18.3. The van der Waals surface area contributed by atoms with Crippen LogP contribution in [0.15, 0.2) is 34.1 Å². The molecule has 4 nitrogen and oxygen atoms in total. The van der Waals surface area contributed by atoms with Gasteiger partial charge in [-0.05, 0) is 41.2 Å². The maximum absolute atomic E-state index is 10.9. The normalized spacial score (nSPS) is 10.9. The number of aromatic carboxylic acids is 1. The Kier molecular flexibility index (Phi) is 4.68. The SMILES string of the molecule is CN(Cc1cccc(C(=O)O)n1)Cc1cc(Br)cs1. The zero-order valence-electron chi connectivity index (χ0n) is 10.3. The Hall–Kier alpha value is -1.24. The molecule has 0 aliphatic rings. The molecule has 2 aromatic rings. The van der Waals surface area contributed by atoms with Gasteiger partial charge in [-0.3, -0.25) is 4.90 Å². The topological polar surface area (TPSA) is 53.4 Å². The highest BCUT2D eigenvalue weighted by molar-refractivity contribution is 9.10. The number of halogens is 1. The van der Waals surface area contributed by atoms with E-state index >= 15 is 0 Å². The Morgan fingerprint density at radius 1 is 1.47 bits per heavy atom. The summed E-state index contributed by atoms with van der Waals surface area (Å²) in [7, 11) is 1.99. The molecular weight excluding hydrogens is 328 g/mol. The van der Waals surface area contributed by atoms with Crippen molar-refractivity contribution >= 4 is 33.2 Å². The van der Waals surface area contributed by atoms with Crippen molar-refractivity contribution in [1.29, 1.82) is 0 Å². The van der Waals surface area contributed by atoms with Crippen LogP contribution in [0.1, 0.15) is 21.1 Å². The third-order valence-corrected chi connectivity index (χ3v) is 4.19. The van der Waals surface area contributed by atoms with Gasteiger partial charge >= 0.3 is 5.97 Å². The van der Waals surface area contributed by atoms with Crippen molar-refractivity contribution in [2.24, 2.45) is 0 Å². The fourth-order valence-corrected chi connectivity index (χ4v) is 3.25. The molecular formula is C13H13BrN2O2S. The van der Waals surface area contributed by atoms with Gasteiger partial charge in [-0.15, -0.1) is 11.3 Å². The summed E-state index contributed by atoms with van der Waals surface area (Å²) < 4.78 is 1.09. The van der Waals surface area contributed by atoms with Crippen molar-refractivity contribution < 1.29 is 9.90 Å². The molecule has 0 saturated carbocycles. The number of carbonyl (C=O) groups is 1. The van der Waals surface area contributed by atoms with Crippen LogP contribution in [0.25, 0.3) is 0 Å². The van der Waals surface area contributed by atoms with Crippen molar-refractivity contribution in [3.8, 4) is 0 Å². The van der Waals surface area contributed by atoms with Crippen molar-refractivity contribution in [2.75, 3.05) is 7.05 Å². The van der Waals surface area contributed by atoms with Crippen LogP contribution in [0.5, 0.6) is 0 Å². The van der Waals surface area contributed by atoms with Crippen LogP contribution in [-0.4, -0.2) is 28.0 Å². The maximum atomic E-state index is 10.9. The van der Waals surface area contributed by atoms with Gasteiger partial charge in [0.1, 0.15) is 5.69 Å². The highest BCUT2D eigenvalue weighted by Crippen LogP contribution is 2.21. The Labute approximate surface area is 123 Å². The van der Waals surface area contributed by atoms with E-state index in [1.807, 2.05) is 18.5 Å². The smallest absolute Gasteiger partial charge is 0.354 e. The molecule has 0 unspecified atom stereocenters. The summed E-state index contributed by atoms with van der Waals surface area (Å²) in [6.45, 7) is 1.44. The van der Waals surface area contributed by atoms with E-state index in [-0.39, 0.29) is 5.69 Å². The second-order valence-corrected chi connectivity index (χ2v) is 6.13. The van der Waals surface area contributed by atoms with Gasteiger partial charge < -0.3 is 5.11 Å². The minimum absolute atomic E-state index is 0.0877. The van der Waals surface area contributed by atoms with E-state index in [4.69, 9.17) is 5.11 Å². The molecule has 0 atom stereocenters. The molecule has 100 valence electrons. The summed E-state index contributed by atoms with van der Waals surface area (Å²) in [5.74, 6) is -0.994. The lowest BCUT2D eigenvalue weighted by atomic mass is 10.3. The monoisotopic (exact) mass is 340 g/mol. The number of hydrogen-bond donors (Lipinski definition) is 1. The van der Waals surface area contributed by atoms with E-state index in [2.05, 4.69) is 31.9 Å². The van der Waals surface area contributed by atoms with Crippen LogP contribution in [0.4, 0.5) is 0 Å². The number of nitrogens with zero attached hydrogens (tertiary/aromatic N) is 2.